The highest BCUT2D eigenvalue weighted by molar-refractivity contribution is 5.80. The third-order valence-electron chi connectivity index (χ3n) is 5.43. The fourth-order valence-corrected chi connectivity index (χ4v) is 3.75. The number of rotatable bonds is 6. The van der Waals surface area contributed by atoms with Crippen LogP contribution in [-0.4, -0.2) is 51.8 Å². The topological polar surface area (TPSA) is 94.1 Å². The zero-order chi connectivity index (χ0) is 21.5. The van der Waals surface area contributed by atoms with Crippen LogP contribution in [0.15, 0.2) is 53.9 Å². The third-order valence-corrected chi connectivity index (χ3v) is 5.43. The number of anilines is 1. The Morgan fingerprint density at radius 1 is 1.19 bits per heavy atom. The number of pyridine rings is 1. The molecule has 0 atom stereocenters. The maximum absolute atomic E-state index is 4.81. The molecular weight excluding hydrogens is 388 g/mol. The van der Waals surface area contributed by atoms with Gasteiger partial charge < -0.3 is 15.5 Å². The van der Waals surface area contributed by atoms with E-state index in [2.05, 4.69) is 73.8 Å². The van der Waals surface area contributed by atoms with E-state index in [1.165, 1.54) is 11.9 Å². The average molecular weight is 419 g/mol. The fraction of sp³-hybridized carbons (Fsp3) is 0.391. The van der Waals surface area contributed by atoms with Gasteiger partial charge in [0.15, 0.2) is 11.8 Å². The maximum atomic E-state index is 4.81. The summed E-state index contributed by atoms with van der Waals surface area (Å²) in [5, 5.41) is 13.8. The number of aromatic nitrogens is 4. The van der Waals surface area contributed by atoms with E-state index in [4.69, 9.17) is 4.99 Å². The molecule has 8 heteroatoms. The first-order valence-electron chi connectivity index (χ1n) is 10.9. The number of aliphatic imine (C=N–C) groups is 1. The summed E-state index contributed by atoms with van der Waals surface area (Å²) in [5.41, 5.74) is 3.34. The van der Waals surface area contributed by atoms with Crippen LogP contribution in [0.4, 0.5) is 5.82 Å². The standard InChI is InChI=1S/C23H30N8/c1-3-24-23(26-15-18-5-4-6-19(13-18)22-27-16-28-30-22)29-20-9-11-31(12-10-20)21-8-7-17(2)14-25-21/h4-8,13-14,16,20H,3,9-12,15H2,1-2H3,(H2,24,26,29)(H,27,28,30). The van der Waals surface area contributed by atoms with E-state index in [0.717, 1.165) is 61.2 Å². The first-order valence-corrected chi connectivity index (χ1v) is 10.9. The van der Waals surface area contributed by atoms with Crippen molar-refractivity contribution in [2.75, 3.05) is 24.5 Å². The second-order valence-corrected chi connectivity index (χ2v) is 7.83. The summed E-state index contributed by atoms with van der Waals surface area (Å²) in [6, 6.07) is 12.9. The first kappa shape index (κ1) is 20.8. The van der Waals surface area contributed by atoms with E-state index in [0.29, 0.717) is 12.6 Å². The van der Waals surface area contributed by atoms with Gasteiger partial charge in [-0.05, 0) is 49.9 Å². The van der Waals surface area contributed by atoms with E-state index < -0.39 is 0 Å². The number of aryl methyl sites for hydroxylation is 1. The fourth-order valence-electron chi connectivity index (χ4n) is 3.75. The van der Waals surface area contributed by atoms with Crippen molar-refractivity contribution in [1.29, 1.82) is 0 Å². The quantitative estimate of drug-likeness (QED) is 0.421. The molecule has 4 rings (SSSR count). The number of piperidine rings is 1. The number of nitrogens with zero attached hydrogens (tertiary/aromatic N) is 5. The predicted molar refractivity (Wildman–Crippen MR) is 124 cm³/mol. The van der Waals surface area contributed by atoms with Gasteiger partial charge in [0.25, 0.3) is 0 Å². The Morgan fingerprint density at radius 3 is 2.77 bits per heavy atom. The van der Waals surface area contributed by atoms with Gasteiger partial charge in [-0.15, -0.1) is 0 Å². The summed E-state index contributed by atoms with van der Waals surface area (Å²) in [6.07, 6.45) is 5.57. The molecule has 1 fully saturated rings. The smallest absolute Gasteiger partial charge is 0.191 e. The Kier molecular flexibility index (Phi) is 6.76. The number of benzene rings is 1. The molecule has 1 aliphatic rings. The SMILES string of the molecule is CCNC(=NCc1cccc(-c2ncn[nH]2)c1)NC1CCN(c2ccc(C)cn2)CC1. The number of nitrogens with one attached hydrogen (secondary N) is 3. The van der Waals surface area contributed by atoms with Gasteiger partial charge in [0.1, 0.15) is 12.1 Å². The van der Waals surface area contributed by atoms with Gasteiger partial charge >= 0.3 is 0 Å². The molecule has 0 spiro atoms. The monoisotopic (exact) mass is 418 g/mol. The van der Waals surface area contributed by atoms with Crippen molar-refractivity contribution >= 4 is 11.8 Å². The van der Waals surface area contributed by atoms with Crippen LogP contribution >= 0.6 is 0 Å². The lowest BCUT2D eigenvalue weighted by molar-refractivity contribution is 0.459. The molecule has 3 heterocycles. The predicted octanol–water partition coefficient (Wildman–Crippen LogP) is 2.90. The van der Waals surface area contributed by atoms with Crippen molar-refractivity contribution in [1.82, 2.24) is 30.8 Å². The summed E-state index contributed by atoms with van der Waals surface area (Å²) in [4.78, 5) is 16.0. The average Bonchev–Trinajstić information content (AvgIpc) is 3.34. The van der Waals surface area contributed by atoms with Crippen LogP contribution < -0.4 is 15.5 Å². The Labute approximate surface area is 183 Å². The molecule has 3 N–H and O–H groups in total. The van der Waals surface area contributed by atoms with Crippen LogP contribution in [0, 0.1) is 6.92 Å². The summed E-state index contributed by atoms with van der Waals surface area (Å²) in [7, 11) is 0. The largest absolute Gasteiger partial charge is 0.357 e. The van der Waals surface area contributed by atoms with Crippen LogP contribution in [0.3, 0.4) is 0 Å². The van der Waals surface area contributed by atoms with E-state index in [9.17, 15) is 0 Å². The van der Waals surface area contributed by atoms with Gasteiger partial charge in [-0.2, -0.15) is 5.10 Å². The molecule has 0 radical (unpaired) electrons. The molecule has 0 saturated carbocycles. The zero-order valence-electron chi connectivity index (χ0n) is 18.2. The Bertz CT molecular complexity index is 973. The van der Waals surface area contributed by atoms with Gasteiger partial charge in [0.2, 0.25) is 0 Å². The van der Waals surface area contributed by atoms with Crippen LogP contribution in [0.25, 0.3) is 11.4 Å². The van der Waals surface area contributed by atoms with Crippen molar-refractivity contribution < 1.29 is 0 Å². The number of H-pyrrole nitrogens is 1. The highest BCUT2D eigenvalue weighted by atomic mass is 15.2. The Hall–Kier alpha value is -3.42. The summed E-state index contributed by atoms with van der Waals surface area (Å²) >= 11 is 0. The van der Waals surface area contributed by atoms with Gasteiger partial charge in [-0.1, -0.05) is 24.3 Å². The molecule has 31 heavy (non-hydrogen) atoms. The maximum Gasteiger partial charge on any atom is 0.191 e. The van der Waals surface area contributed by atoms with Crippen LogP contribution in [0.2, 0.25) is 0 Å². The summed E-state index contributed by atoms with van der Waals surface area (Å²) in [5.74, 6) is 2.70. The number of hydrogen-bond donors (Lipinski definition) is 3. The normalized spacial score (nSPS) is 15.2. The number of hydrogen-bond acceptors (Lipinski definition) is 5. The highest BCUT2D eigenvalue weighted by Gasteiger charge is 2.20. The van der Waals surface area contributed by atoms with Crippen LogP contribution in [0.5, 0.6) is 0 Å². The van der Waals surface area contributed by atoms with Crippen molar-refractivity contribution in [2.45, 2.75) is 39.3 Å². The summed E-state index contributed by atoms with van der Waals surface area (Å²) < 4.78 is 0. The molecule has 1 aliphatic heterocycles. The molecule has 0 bridgehead atoms. The molecular formula is C23H30N8. The molecule has 8 nitrogen and oxygen atoms in total. The van der Waals surface area contributed by atoms with Gasteiger partial charge in [-0.3, -0.25) is 5.10 Å². The zero-order valence-corrected chi connectivity index (χ0v) is 18.2. The van der Waals surface area contributed by atoms with Crippen molar-refractivity contribution in [3.8, 4) is 11.4 Å². The van der Waals surface area contributed by atoms with Crippen molar-refractivity contribution in [3.63, 3.8) is 0 Å². The molecule has 1 saturated heterocycles. The lowest BCUT2D eigenvalue weighted by Crippen LogP contribution is -2.48. The Balaban J connectivity index is 1.34. The molecule has 0 amide bonds. The summed E-state index contributed by atoms with van der Waals surface area (Å²) in [6.45, 7) is 7.57. The number of guanidine groups is 1. The van der Waals surface area contributed by atoms with E-state index in [1.807, 2.05) is 18.3 Å². The molecule has 2 aromatic heterocycles. The second-order valence-electron chi connectivity index (χ2n) is 7.83. The second kappa shape index (κ2) is 10.1. The molecule has 3 aromatic rings. The molecule has 0 unspecified atom stereocenters. The van der Waals surface area contributed by atoms with Gasteiger partial charge in [0.05, 0.1) is 6.54 Å². The minimum atomic E-state index is 0.403. The van der Waals surface area contributed by atoms with Crippen molar-refractivity contribution in [3.05, 3.63) is 60.0 Å². The third kappa shape index (κ3) is 5.59. The van der Waals surface area contributed by atoms with Crippen LogP contribution in [0.1, 0.15) is 30.9 Å². The van der Waals surface area contributed by atoms with E-state index in [1.54, 1.807) is 0 Å². The Morgan fingerprint density at radius 2 is 2.06 bits per heavy atom. The van der Waals surface area contributed by atoms with Crippen LogP contribution in [-0.2, 0) is 6.54 Å². The minimum absolute atomic E-state index is 0.403. The lowest BCUT2D eigenvalue weighted by atomic mass is 10.1. The number of aromatic amines is 1. The molecule has 1 aromatic carbocycles. The highest BCUT2D eigenvalue weighted by Crippen LogP contribution is 2.18. The first-order chi connectivity index (χ1) is 15.2. The van der Waals surface area contributed by atoms with Gasteiger partial charge in [0, 0.05) is 37.4 Å². The van der Waals surface area contributed by atoms with E-state index >= 15 is 0 Å². The lowest BCUT2D eigenvalue weighted by Gasteiger charge is -2.33. The van der Waals surface area contributed by atoms with Crippen molar-refractivity contribution in [2.24, 2.45) is 4.99 Å². The van der Waals surface area contributed by atoms with E-state index in [-0.39, 0.29) is 0 Å². The molecule has 0 aliphatic carbocycles. The minimum Gasteiger partial charge on any atom is -0.357 e. The molecule has 162 valence electrons. The van der Waals surface area contributed by atoms with Gasteiger partial charge in [-0.25, -0.2) is 15.0 Å².